The van der Waals surface area contributed by atoms with Crippen molar-refractivity contribution < 1.29 is 42.9 Å². The molecular weight excluding hydrogens is 887 g/mol. The van der Waals surface area contributed by atoms with Gasteiger partial charge in [-0.3, -0.25) is 9.59 Å². The maximum Gasteiger partial charge on any atom is 0.306 e. The van der Waals surface area contributed by atoms with Gasteiger partial charge in [0, 0.05) is 12.8 Å². The van der Waals surface area contributed by atoms with Crippen molar-refractivity contribution in [2.45, 2.75) is 334 Å². The van der Waals surface area contributed by atoms with Crippen molar-refractivity contribution >= 4 is 17.9 Å². The van der Waals surface area contributed by atoms with Gasteiger partial charge in [-0.15, -0.1) is 0 Å². The smallest absolute Gasteiger partial charge is 0.306 e. The SMILES string of the molecule is CCCCCCCCCCCCCCCCCCCCCCCCCCC(=O)OC(COC(=O)CCCCCCCCCCCCCCCCCCCCCCCC)COC(OCC[N+](C)(C)C)C(=O)[O-]. The first-order valence-corrected chi connectivity index (χ1v) is 31.2. The van der Waals surface area contributed by atoms with Crippen molar-refractivity contribution in [3.63, 3.8) is 0 Å². The molecule has 0 aromatic rings. The highest BCUT2D eigenvalue weighted by Gasteiger charge is 2.22. The van der Waals surface area contributed by atoms with Crippen LogP contribution in [0.5, 0.6) is 0 Å². The Morgan fingerprint density at radius 1 is 0.366 bits per heavy atom. The fourth-order valence-electron chi connectivity index (χ4n) is 9.54. The fourth-order valence-corrected chi connectivity index (χ4v) is 9.54. The van der Waals surface area contributed by atoms with Gasteiger partial charge >= 0.3 is 11.9 Å². The Hall–Kier alpha value is -1.71. The molecule has 422 valence electrons. The number of aliphatic carboxylic acids is 1. The summed E-state index contributed by atoms with van der Waals surface area (Å²) >= 11 is 0. The molecule has 0 saturated carbocycles. The number of carbonyl (C=O) groups excluding carboxylic acids is 3. The van der Waals surface area contributed by atoms with Gasteiger partial charge in [-0.2, -0.15) is 0 Å². The highest BCUT2D eigenvalue weighted by atomic mass is 16.7. The molecule has 71 heavy (non-hydrogen) atoms. The van der Waals surface area contributed by atoms with E-state index in [2.05, 4.69) is 13.8 Å². The first kappa shape index (κ1) is 69.3. The van der Waals surface area contributed by atoms with Crippen molar-refractivity contribution in [3.8, 4) is 0 Å². The zero-order valence-electron chi connectivity index (χ0n) is 48.1. The first-order chi connectivity index (χ1) is 34.6. The number of carboxylic acid groups (broad SMARTS) is 1. The molecule has 2 unspecified atom stereocenters. The molecule has 0 aliphatic carbocycles. The Labute approximate surface area is 441 Å². The average molecular weight is 1010 g/mol. The molecule has 9 heteroatoms. The van der Waals surface area contributed by atoms with Gasteiger partial charge in [0.1, 0.15) is 13.2 Å². The molecule has 0 saturated heterocycles. The number of esters is 2. The molecule has 0 N–H and O–H groups in total. The van der Waals surface area contributed by atoms with Crippen LogP contribution in [0.2, 0.25) is 0 Å². The van der Waals surface area contributed by atoms with Gasteiger partial charge in [-0.1, -0.05) is 296 Å². The van der Waals surface area contributed by atoms with Crippen molar-refractivity contribution in [3.05, 3.63) is 0 Å². The maximum atomic E-state index is 12.9. The Bertz CT molecular complexity index is 1130. The highest BCUT2D eigenvalue weighted by molar-refractivity contribution is 5.70. The number of hydrogen-bond donors (Lipinski definition) is 0. The third-order valence-electron chi connectivity index (χ3n) is 14.4. The van der Waals surface area contributed by atoms with Crippen molar-refractivity contribution in [2.75, 3.05) is 47.5 Å². The molecule has 0 fully saturated rings. The summed E-state index contributed by atoms with van der Waals surface area (Å²) in [5.74, 6) is -2.25. The third-order valence-corrected chi connectivity index (χ3v) is 14.4. The summed E-state index contributed by atoms with van der Waals surface area (Å²) in [6, 6.07) is 0. The number of unbranched alkanes of at least 4 members (excludes halogenated alkanes) is 44. The van der Waals surface area contributed by atoms with E-state index in [-0.39, 0.29) is 32.2 Å². The van der Waals surface area contributed by atoms with Crippen LogP contribution in [-0.4, -0.2) is 82.3 Å². The summed E-state index contributed by atoms with van der Waals surface area (Å²) < 4.78 is 22.8. The fraction of sp³-hybridized carbons (Fsp3) is 0.952. The molecule has 0 heterocycles. The summed E-state index contributed by atoms with van der Waals surface area (Å²) in [6.07, 6.45) is 58.7. The van der Waals surface area contributed by atoms with Crippen LogP contribution in [0.4, 0.5) is 0 Å². The average Bonchev–Trinajstić information content (AvgIpc) is 3.34. The quantitative estimate of drug-likeness (QED) is 0.0256. The van der Waals surface area contributed by atoms with Crippen LogP contribution >= 0.6 is 0 Å². The Morgan fingerprint density at radius 2 is 0.634 bits per heavy atom. The lowest BCUT2D eigenvalue weighted by Gasteiger charge is -2.26. The van der Waals surface area contributed by atoms with E-state index in [4.69, 9.17) is 18.9 Å². The van der Waals surface area contributed by atoms with Crippen molar-refractivity contribution in [1.82, 2.24) is 0 Å². The van der Waals surface area contributed by atoms with Gasteiger partial charge < -0.3 is 33.3 Å². The lowest BCUT2D eigenvalue weighted by atomic mass is 10.0. The summed E-state index contributed by atoms with van der Waals surface area (Å²) in [5, 5.41) is 11.8. The molecule has 0 bridgehead atoms. The highest BCUT2D eigenvalue weighted by Crippen LogP contribution is 2.18. The molecule has 0 aromatic heterocycles. The normalized spacial score (nSPS) is 12.6. The summed E-state index contributed by atoms with van der Waals surface area (Å²) in [6.45, 7) is 4.83. The molecule has 0 radical (unpaired) electrons. The minimum Gasteiger partial charge on any atom is -0.545 e. The molecule has 0 aromatic carbocycles. The second-order valence-electron chi connectivity index (χ2n) is 22.7. The second kappa shape index (κ2) is 54.5. The number of hydrogen-bond acceptors (Lipinski definition) is 8. The van der Waals surface area contributed by atoms with Crippen molar-refractivity contribution in [1.29, 1.82) is 0 Å². The molecule has 0 aliphatic heterocycles. The predicted octanol–water partition coefficient (Wildman–Crippen LogP) is 17.0. The van der Waals surface area contributed by atoms with Crippen LogP contribution in [0.3, 0.4) is 0 Å². The largest absolute Gasteiger partial charge is 0.545 e. The van der Waals surface area contributed by atoms with Crippen LogP contribution in [0.25, 0.3) is 0 Å². The monoisotopic (exact) mass is 1010 g/mol. The summed E-state index contributed by atoms with van der Waals surface area (Å²) in [4.78, 5) is 37.3. The summed E-state index contributed by atoms with van der Waals surface area (Å²) in [5.41, 5.74) is 0. The van der Waals surface area contributed by atoms with Crippen LogP contribution in [0, 0.1) is 0 Å². The maximum absolute atomic E-state index is 12.9. The number of quaternary nitrogens is 1. The van der Waals surface area contributed by atoms with Gasteiger partial charge in [0.2, 0.25) is 0 Å². The van der Waals surface area contributed by atoms with E-state index in [1.54, 1.807) is 0 Å². The zero-order chi connectivity index (χ0) is 52.0. The molecule has 2 atom stereocenters. The number of rotatable bonds is 59. The first-order valence-electron chi connectivity index (χ1n) is 31.2. The van der Waals surface area contributed by atoms with E-state index in [0.717, 1.165) is 38.5 Å². The topological polar surface area (TPSA) is 111 Å². The number of likely N-dealkylation sites (N-methyl/N-ethyl adjacent to an activating group) is 1. The number of carboxylic acids is 1. The lowest BCUT2D eigenvalue weighted by Crippen LogP contribution is -2.44. The van der Waals surface area contributed by atoms with E-state index >= 15 is 0 Å². The number of ether oxygens (including phenoxy) is 4. The van der Waals surface area contributed by atoms with E-state index in [0.29, 0.717) is 17.4 Å². The van der Waals surface area contributed by atoms with Gasteiger partial charge in [-0.05, 0) is 12.8 Å². The van der Waals surface area contributed by atoms with Gasteiger partial charge in [0.05, 0.1) is 40.3 Å². The zero-order valence-corrected chi connectivity index (χ0v) is 48.1. The van der Waals surface area contributed by atoms with Crippen molar-refractivity contribution in [2.24, 2.45) is 0 Å². The number of carbonyl (C=O) groups is 3. The van der Waals surface area contributed by atoms with Gasteiger partial charge in [0.15, 0.2) is 12.4 Å². The Balaban J connectivity index is 4.14. The van der Waals surface area contributed by atoms with Crippen LogP contribution < -0.4 is 5.11 Å². The second-order valence-corrected chi connectivity index (χ2v) is 22.7. The third kappa shape index (κ3) is 55.9. The van der Waals surface area contributed by atoms with Gasteiger partial charge in [0.25, 0.3) is 0 Å². The molecule has 0 rings (SSSR count). The molecule has 0 spiro atoms. The Kier molecular flexibility index (Phi) is 53.2. The van der Waals surface area contributed by atoms with Crippen LogP contribution in [0.1, 0.15) is 322 Å². The van der Waals surface area contributed by atoms with Gasteiger partial charge in [-0.25, -0.2) is 0 Å². The minimum absolute atomic E-state index is 0.153. The number of nitrogens with zero attached hydrogens (tertiary/aromatic N) is 1. The lowest BCUT2D eigenvalue weighted by molar-refractivity contribution is -0.870. The van der Waals surface area contributed by atoms with E-state index in [1.807, 2.05) is 21.1 Å². The van der Waals surface area contributed by atoms with E-state index < -0.39 is 24.3 Å². The molecule has 0 aliphatic rings. The summed E-state index contributed by atoms with van der Waals surface area (Å²) in [7, 11) is 5.94. The standard InChI is InChI=1S/C62H121NO8/c1-6-8-10-12-14-16-18-20-22-24-26-28-30-31-33-35-37-39-41-43-45-47-49-51-53-60(65)71-58(57-70-62(61(66)67)68-55-54-63(3,4)5)56-69-59(64)52-50-48-46-44-42-40-38-36-34-32-29-27-25-23-21-19-17-15-13-11-9-7-2/h58,62H,6-57H2,1-5H3. The Morgan fingerprint density at radius 3 is 0.901 bits per heavy atom. The van der Waals surface area contributed by atoms with E-state index in [9.17, 15) is 19.5 Å². The van der Waals surface area contributed by atoms with Crippen LogP contribution in [0.15, 0.2) is 0 Å². The molecular formula is C62H121NO8. The van der Waals surface area contributed by atoms with E-state index in [1.165, 1.54) is 257 Å². The minimum atomic E-state index is -1.61. The molecule has 9 nitrogen and oxygen atoms in total. The van der Waals surface area contributed by atoms with Crippen LogP contribution in [-0.2, 0) is 33.3 Å². The predicted molar refractivity (Wildman–Crippen MR) is 297 cm³/mol. The molecule has 0 amide bonds.